The van der Waals surface area contributed by atoms with E-state index in [-0.39, 0.29) is 11.9 Å². The molecule has 0 radical (unpaired) electrons. The molecular formula is C19H23F3N4O3S. The van der Waals surface area contributed by atoms with E-state index in [0.717, 1.165) is 30.1 Å². The van der Waals surface area contributed by atoms with E-state index in [2.05, 4.69) is 15.3 Å². The number of amides is 1. The molecule has 1 saturated heterocycles. The summed E-state index contributed by atoms with van der Waals surface area (Å²) in [6, 6.07) is 3.87. The van der Waals surface area contributed by atoms with E-state index in [1.807, 2.05) is 31.5 Å². The topological polar surface area (TPSA) is 95.4 Å². The van der Waals surface area contributed by atoms with Crippen LogP contribution in [0.3, 0.4) is 0 Å². The number of carboxylic acid groups (broad SMARTS) is 1. The Balaban J connectivity index is 0.000000396. The molecule has 1 fully saturated rings. The Hall–Kier alpha value is -2.53. The Morgan fingerprint density at radius 3 is 2.53 bits per heavy atom. The first-order valence-electron chi connectivity index (χ1n) is 9.22. The monoisotopic (exact) mass is 444 g/mol. The zero-order valence-corrected chi connectivity index (χ0v) is 17.3. The number of hydrogen-bond acceptors (Lipinski definition) is 6. The van der Waals surface area contributed by atoms with Gasteiger partial charge in [0, 0.05) is 31.2 Å². The van der Waals surface area contributed by atoms with E-state index in [0.29, 0.717) is 11.6 Å². The molecule has 11 heteroatoms. The highest BCUT2D eigenvalue weighted by Gasteiger charge is 2.38. The highest BCUT2D eigenvalue weighted by Crippen LogP contribution is 2.23. The number of nitrogens with one attached hydrogen (secondary N) is 1. The Labute approximate surface area is 176 Å². The predicted molar refractivity (Wildman–Crippen MR) is 105 cm³/mol. The molecule has 164 valence electrons. The summed E-state index contributed by atoms with van der Waals surface area (Å²) in [5, 5.41) is 13.4. The minimum atomic E-state index is -5.08. The van der Waals surface area contributed by atoms with Crippen LogP contribution in [0, 0.1) is 5.92 Å². The second-order valence-electron chi connectivity index (χ2n) is 6.86. The highest BCUT2D eigenvalue weighted by molar-refractivity contribution is 7.09. The SMILES string of the molecule is CC(c1ccncc1)N(C)C(=O)c1csc(CC2CCNC2)n1.O=C(O)C(F)(F)F. The van der Waals surface area contributed by atoms with Gasteiger partial charge in [-0.1, -0.05) is 0 Å². The quantitative estimate of drug-likeness (QED) is 0.736. The number of aliphatic carboxylic acids is 1. The number of alkyl halides is 3. The number of rotatable bonds is 5. The van der Waals surface area contributed by atoms with E-state index in [4.69, 9.17) is 9.90 Å². The third-order valence-corrected chi connectivity index (χ3v) is 5.60. The summed E-state index contributed by atoms with van der Waals surface area (Å²) in [6.07, 6.45) is 0.581. The summed E-state index contributed by atoms with van der Waals surface area (Å²) in [5.74, 6) is -2.13. The third-order valence-electron chi connectivity index (χ3n) is 4.73. The first-order chi connectivity index (χ1) is 14.1. The molecule has 0 bridgehead atoms. The number of halogens is 3. The van der Waals surface area contributed by atoms with Crippen LogP contribution in [0.2, 0.25) is 0 Å². The lowest BCUT2D eigenvalue weighted by Crippen LogP contribution is -2.30. The van der Waals surface area contributed by atoms with Crippen molar-refractivity contribution < 1.29 is 27.9 Å². The maximum atomic E-state index is 12.7. The van der Waals surface area contributed by atoms with Gasteiger partial charge in [0.05, 0.1) is 11.0 Å². The van der Waals surface area contributed by atoms with Crippen LogP contribution in [0.4, 0.5) is 13.2 Å². The fourth-order valence-corrected chi connectivity index (χ4v) is 3.74. The van der Waals surface area contributed by atoms with Crippen molar-refractivity contribution in [2.75, 3.05) is 20.1 Å². The molecule has 0 spiro atoms. The molecule has 1 aliphatic heterocycles. The summed E-state index contributed by atoms with van der Waals surface area (Å²) in [4.78, 5) is 31.9. The summed E-state index contributed by atoms with van der Waals surface area (Å²) in [6.45, 7) is 4.17. The molecule has 2 atom stereocenters. The van der Waals surface area contributed by atoms with Gasteiger partial charge in [-0.2, -0.15) is 13.2 Å². The molecule has 30 heavy (non-hydrogen) atoms. The number of thiazole rings is 1. The smallest absolute Gasteiger partial charge is 0.475 e. The van der Waals surface area contributed by atoms with E-state index in [1.54, 1.807) is 28.6 Å². The molecule has 0 aliphatic carbocycles. The molecule has 2 aromatic rings. The number of aromatic nitrogens is 2. The molecule has 7 nitrogen and oxygen atoms in total. The standard InChI is InChI=1S/C17H22N4OS.C2HF3O2/c1-12(14-4-7-18-8-5-14)21(2)17(22)15-11-23-16(20-15)9-13-3-6-19-10-13;3-2(4,5)1(6)7/h4-5,7-8,11-13,19H,3,6,9-10H2,1-2H3;(H,6,7). The van der Waals surface area contributed by atoms with E-state index in [9.17, 15) is 18.0 Å². The van der Waals surface area contributed by atoms with Gasteiger partial charge in [0.25, 0.3) is 5.91 Å². The number of pyridine rings is 1. The van der Waals surface area contributed by atoms with Crippen LogP contribution in [0.25, 0.3) is 0 Å². The zero-order chi connectivity index (χ0) is 22.3. The van der Waals surface area contributed by atoms with Crippen LogP contribution in [0.5, 0.6) is 0 Å². The van der Waals surface area contributed by atoms with Crippen molar-refractivity contribution in [1.82, 2.24) is 20.2 Å². The molecule has 0 aromatic carbocycles. The second-order valence-corrected chi connectivity index (χ2v) is 7.81. The summed E-state index contributed by atoms with van der Waals surface area (Å²) in [5.41, 5.74) is 1.63. The van der Waals surface area contributed by atoms with Gasteiger partial charge >= 0.3 is 12.1 Å². The molecular weight excluding hydrogens is 421 g/mol. The second kappa shape index (κ2) is 10.5. The summed E-state index contributed by atoms with van der Waals surface area (Å²) in [7, 11) is 1.83. The lowest BCUT2D eigenvalue weighted by molar-refractivity contribution is -0.192. The zero-order valence-electron chi connectivity index (χ0n) is 16.5. The van der Waals surface area contributed by atoms with Crippen LogP contribution in [-0.2, 0) is 11.2 Å². The van der Waals surface area contributed by atoms with Gasteiger partial charge in [-0.05, 0) is 50.0 Å². The van der Waals surface area contributed by atoms with Crippen molar-refractivity contribution in [2.45, 2.75) is 32.0 Å². The van der Waals surface area contributed by atoms with Crippen LogP contribution in [0.15, 0.2) is 29.9 Å². The van der Waals surface area contributed by atoms with Gasteiger partial charge in [0.1, 0.15) is 5.69 Å². The predicted octanol–water partition coefficient (Wildman–Crippen LogP) is 3.16. The number of hydrogen-bond donors (Lipinski definition) is 2. The van der Waals surface area contributed by atoms with Crippen molar-refractivity contribution in [3.05, 3.63) is 46.2 Å². The Morgan fingerprint density at radius 1 is 1.37 bits per heavy atom. The average Bonchev–Trinajstić information content (AvgIpc) is 3.39. The Morgan fingerprint density at radius 2 is 2.00 bits per heavy atom. The molecule has 3 rings (SSSR count). The van der Waals surface area contributed by atoms with Crippen molar-refractivity contribution in [3.8, 4) is 0 Å². The number of nitrogens with zero attached hydrogens (tertiary/aromatic N) is 3. The first-order valence-corrected chi connectivity index (χ1v) is 10.1. The number of carboxylic acids is 1. The molecule has 2 N–H and O–H groups in total. The summed E-state index contributed by atoms with van der Waals surface area (Å²) >= 11 is 1.59. The molecule has 3 heterocycles. The van der Waals surface area contributed by atoms with Crippen molar-refractivity contribution >= 4 is 23.2 Å². The van der Waals surface area contributed by atoms with Crippen molar-refractivity contribution in [3.63, 3.8) is 0 Å². The third kappa shape index (κ3) is 6.77. The maximum absolute atomic E-state index is 12.7. The van der Waals surface area contributed by atoms with Gasteiger partial charge in [0.15, 0.2) is 0 Å². The molecule has 1 aliphatic rings. The first kappa shape index (κ1) is 23.7. The lowest BCUT2D eigenvalue weighted by atomic mass is 10.1. The minimum Gasteiger partial charge on any atom is -0.475 e. The number of carbonyl (C=O) groups is 2. The van der Waals surface area contributed by atoms with E-state index in [1.165, 1.54) is 6.42 Å². The Bertz CT molecular complexity index is 839. The molecule has 0 saturated carbocycles. The average molecular weight is 444 g/mol. The summed E-state index contributed by atoms with van der Waals surface area (Å²) < 4.78 is 31.7. The van der Waals surface area contributed by atoms with Crippen LogP contribution >= 0.6 is 11.3 Å². The van der Waals surface area contributed by atoms with Gasteiger partial charge in [-0.15, -0.1) is 11.3 Å². The van der Waals surface area contributed by atoms with Crippen LogP contribution in [0.1, 0.15) is 40.4 Å². The Kier molecular flexibility index (Phi) is 8.30. The molecule has 1 amide bonds. The van der Waals surface area contributed by atoms with Crippen LogP contribution < -0.4 is 5.32 Å². The van der Waals surface area contributed by atoms with Crippen LogP contribution in [-0.4, -0.2) is 58.2 Å². The van der Waals surface area contributed by atoms with Gasteiger partial charge in [-0.25, -0.2) is 9.78 Å². The van der Waals surface area contributed by atoms with Crippen molar-refractivity contribution in [2.24, 2.45) is 5.92 Å². The van der Waals surface area contributed by atoms with E-state index >= 15 is 0 Å². The highest BCUT2D eigenvalue weighted by atomic mass is 32.1. The lowest BCUT2D eigenvalue weighted by Gasteiger charge is -2.24. The molecule has 2 aromatic heterocycles. The van der Waals surface area contributed by atoms with Gasteiger partial charge < -0.3 is 15.3 Å². The fourth-order valence-electron chi connectivity index (χ4n) is 2.86. The largest absolute Gasteiger partial charge is 0.490 e. The minimum absolute atomic E-state index is 0.00492. The fraction of sp³-hybridized carbons (Fsp3) is 0.474. The van der Waals surface area contributed by atoms with Gasteiger partial charge in [0.2, 0.25) is 0 Å². The molecule has 2 unspecified atom stereocenters. The maximum Gasteiger partial charge on any atom is 0.490 e. The van der Waals surface area contributed by atoms with Gasteiger partial charge in [-0.3, -0.25) is 9.78 Å². The van der Waals surface area contributed by atoms with E-state index < -0.39 is 12.1 Å². The number of carbonyl (C=O) groups excluding carboxylic acids is 1. The normalized spacial score (nSPS) is 17.0. The van der Waals surface area contributed by atoms with Crippen molar-refractivity contribution in [1.29, 1.82) is 0 Å².